The summed E-state index contributed by atoms with van der Waals surface area (Å²) in [6.07, 6.45) is 2.48. The van der Waals surface area contributed by atoms with Crippen molar-refractivity contribution in [3.05, 3.63) is 51.1 Å². The third-order valence-electron chi connectivity index (χ3n) is 4.28. The van der Waals surface area contributed by atoms with E-state index in [-0.39, 0.29) is 17.0 Å². The van der Waals surface area contributed by atoms with Crippen molar-refractivity contribution in [1.82, 2.24) is 14.9 Å². The lowest BCUT2D eigenvalue weighted by atomic mass is 10.1. The van der Waals surface area contributed by atoms with E-state index in [0.717, 1.165) is 35.9 Å². The minimum absolute atomic E-state index is 0.174. The third kappa shape index (κ3) is 3.42. The van der Waals surface area contributed by atoms with E-state index in [0.29, 0.717) is 25.4 Å². The molecule has 1 amide bonds. The molecule has 24 heavy (non-hydrogen) atoms. The van der Waals surface area contributed by atoms with E-state index in [9.17, 15) is 9.59 Å². The number of amides is 1. The summed E-state index contributed by atoms with van der Waals surface area (Å²) in [7, 11) is 0. The molecule has 0 atom stereocenters. The van der Waals surface area contributed by atoms with Gasteiger partial charge in [-0.05, 0) is 31.4 Å². The second-order valence-electron chi connectivity index (χ2n) is 6.77. The highest BCUT2D eigenvalue weighted by molar-refractivity contribution is 5.93. The molecule has 0 unspecified atom stereocenters. The Kier molecular flexibility index (Phi) is 4.55. The molecule has 0 saturated heterocycles. The molecular weight excluding hydrogens is 306 g/mol. The number of fused-ring (bicyclic) bond motifs is 1. The minimum atomic E-state index is -0.344. The first kappa shape index (κ1) is 16.5. The molecule has 1 aliphatic rings. The van der Waals surface area contributed by atoms with Crippen molar-refractivity contribution in [3.8, 4) is 0 Å². The van der Waals surface area contributed by atoms with Crippen molar-refractivity contribution in [2.45, 2.75) is 46.6 Å². The molecule has 6 heteroatoms. The number of aromatic nitrogens is 2. The van der Waals surface area contributed by atoms with Gasteiger partial charge in [0.25, 0.3) is 11.5 Å². The molecule has 0 fully saturated rings. The fraction of sp³-hybridized carbons (Fsp3) is 0.500. The average Bonchev–Trinajstić information content (AvgIpc) is 2.94. The molecule has 3 heterocycles. The zero-order valence-electron chi connectivity index (χ0n) is 14.4. The predicted molar refractivity (Wildman–Crippen MR) is 89.9 cm³/mol. The summed E-state index contributed by atoms with van der Waals surface area (Å²) < 4.78 is 5.81. The van der Waals surface area contributed by atoms with E-state index in [1.807, 2.05) is 0 Å². The Balaban J connectivity index is 1.74. The van der Waals surface area contributed by atoms with Crippen LogP contribution in [-0.2, 0) is 19.4 Å². The summed E-state index contributed by atoms with van der Waals surface area (Å²) in [6.45, 7) is 7.06. The number of pyridine rings is 1. The molecule has 2 aromatic heterocycles. The van der Waals surface area contributed by atoms with Crippen LogP contribution in [0, 0.1) is 12.8 Å². The molecule has 3 rings (SSSR count). The van der Waals surface area contributed by atoms with Crippen LogP contribution in [0.4, 0.5) is 0 Å². The van der Waals surface area contributed by atoms with Gasteiger partial charge >= 0.3 is 0 Å². The van der Waals surface area contributed by atoms with E-state index in [4.69, 9.17) is 4.42 Å². The molecule has 128 valence electrons. The smallest absolute Gasteiger partial charge is 0.260 e. The number of aryl methyl sites for hydroxylation is 2. The van der Waals surface area contributed by atoms with Crippen molar-refractivity contribution < 1.29 is 9.21 Å². The zero-order valence-corrected chi connectivity index (χ0v) is 14.4. The standard InChI is InChI=1S/C18H23N3O3/c1-11(2)4-7-16-20-14-10-21(9-8-15(14)24-16)18(23)13-6-5-12(3)19-17(13)22/h5-6,11H,4,7-10H2,1-3H3,(H,19,22). The van der Waals surface area contributed by atoms with E-state index in [1.165, 1.54) is 0 Å². The maximum absolute atomic E-state index is 12.6. The lowest BCUT2D eigenvalue weighted by Gasteiger charge is -2.25. The zero-order chi connectivity index (χ0) is 17.3. The lowest BCUT2D eigenvalue weighted by molar-refractivity contribution is 0.0726. The molecule has 0 spiro atoms. The van der Waals surface area contributed by atoms with Crippen LogP contribution in [0.25, 0.3) is 0 Å². The van der Waals surface area contributed by atoms with E-state index in [1.54, 1.807) is 24.0 Å². The molecule has 1 N–H and O–H groups in total. The van der Waals surface area contributed by atoms with Gasteiger partial charge in [0.15, 0.2) is 5.89 Å². The molecule has 2 aromatic rings. The van der Waals surface area contributed by atoms with Crippen LogP contribution in [0.15, 0.2) is 21.3 Å². The summed E-state index contributed by atoms with van der Waals surface area (Å²) in [6, 6.07) is 3.33. The molecule has 0 aliphatic carbocycles. The predicted octanol–water partition coefficient (Wildman–Crippen LogP) is 2.46. The molecule has 0 bridgehead atoms. The number of hydrogen-bond acceptors (Lipinski definition) is 4. The Morgan fingerprint density at radius 2 is 2.21 bits per heavy atom. The van der Waals surface area contributed by atoms with Crippen molar-refractivity contribution >= 4 is 5.91 Å². The van der Waals surface area contributed by atoms with Gasteiger partial charge in [-0.3, -0.25) is 9.59 Å². The number of oxazole rings is 1. The van der Waals surface area contributed by atoms with E-state index in [2.05, 4.69) is 23.8 Å². The van der Waals surface area contributed by atoms with Crippen LogP contribution in [0.3, 0.4) is 0 Å². The van der Waals surface area contributed by atoms with Gasteiger partial charge in [-0.25, -0.2) is 4.98 Å². The third-order valence-corrected chi connectivity index (χ3v) is 4.28. The van der Waals surface area contributed by atoms with Crippen molar-refractivity contribution in [2.24, 2.45) is 5.92 Å². The normalized spacial score (nSPS) is 14.1. The van der Waals surface area contributed by atoms with E-state index < -0.39 is 0 Å². The van der Waals surface area contributed by atoms with Gasteiger partial charge in [-0.15, -0.1) is 0 Å². The Hall–Kier alpha value is -2.37. The second kappa shape index (κ2) is 6.63. The summed E-state index contributed by atoms with van der Waals surface area (Å²) in [5.41, 5.74) is 1.39. The summed E-state index contributed by atoms with van der Waals surface area (Å²) in [4.78, 5) is 33.5. The first-order valence-corrected chi connectivity index (χ1v) is 8.40. The number of nitrogens with zero attached hydrogens (tertiary/aromatic N) is 2. The highest BCUT2D eigenvalue weighted by Crippen LogP contribution is 2.22. The largest absolute Gasteiger partial charge is 0.445 e. The fourth-order valence-corrected chi connectivity index (χ4v) is 2.86. The Labute approximate surface area is 140 Å². The maximum Gasteiger partial charge on any atom is 0.260 e. The second-order valence-corrected chi connectivity index (χ2v) is 6.77. The molecule has 0 radical (unpaired) electrons. The maximum atomic E-state index is 12.6. The van der Waals surface area contributed by atoms with Gasteiger partial charge < -0.3 is 14.3 Å². The Morgan fingerprint density at radius 3 is 2.92 bits per heavy atom. The molecule has 6 nitrogen and oxygen atoms in total. The number of nitrogens with one attached hydrogen (secondary N) is 1. The van der Waals surface area contributed by atoms with Crippen LogP contribution < -0.4 is 5.56 Å². The summed E-state index contributed by atoms with van der Waals surface area (Å²) >= 11 is 0. The highest BCUT2D eigenvalue weighted by Gasteiger charge is 2.27. The summed E-state index contributed by atoms with van der Waals surface area (Å²) in [5, 5.41) is 0. The van der Waals surface area contributed by atoms with Crippen LogP contribution in [-0.4, -0.2) is 27.3 Å². The quantitative estimate of drug-likeness (QED) is 0.934. The average molecular weight is 329 g/mol. The highest BCUT2D eigenvalue weighted by atomic mass is 16.4. The minimum Gasteiger partial charge on any atom is -0.445 e. The van der Waals surface area contributed by atoms with Crippen molar-refractivity contribution in [2.75, 3.05) is 6.54 Å². The molecular formula is C18H23N3O3. The first-order valence-electron chi connectivity index (χ1n) is 8.40. The van der Waals surface area contributed by atoms with Crippen LogP contribution in [0.1, 0.15) is 53.7 Å². The van der Waals surface area contributed by atoms with Crippen LogP contribution in [0.5, 0.6) is 0 Å². The fourth-order valence-electron chi connectivity index (χ4n) is 2.86. The monoisotopic (exact) mass is 329 g/mol. The van der Waals surface area contributed by atoms with Gasteiger partial charge in [0, 0.05) is 25.1 Å². The SMILES string of the molecule is Cc1ccc(C(=O)N2CCc3oc(CCC(C)C)nc3C2)c(=O)[nH]1. The molecule has 0 aromatic carbocycles. The number of hydrogen-bond donors (Lipinski definition) is 1. The first-order chi connectivity index (χ1) is 11.4. The Bertz CT molecular complexity index is 804. The number of carbonyl (C=O) groups excluding carboxylic acids is 1. The van der Waals surface area contributed by atoms with Gasteiger partial charge in [0.2, 0.25) is 0 Å². The van der Waals surface area contributed by atoms with Crippen molar-refractivity contribution in [3.63, 3.8) is 0 Å². The van der Waals surface area contributed by atoms with Crippen LogP contribution >= 0.6 is 0 Å². The van der Waals surface area contributed by atoms with Crippen molar-refractivity contribution in [1.29, 1.82) is 0 Å². The topological polar surface area (TPSA) is 79.2 Å². The lowest BCUT2D eigenvalue weighted by Crippen LogP contribution is -2.38. The number of H-pyrrole nitrogens is 1. The van der Waals surface area contributed by atoms with Gasteiger partial charge in [-0.2, -0.15) is 0 Å². The van der Waals surface area contributed by atoms with Gasteiger partial charge in [-0.1, -0.05) is 13.8 Å². The van der Waals surface area contributed by atoms with Gasteiger partial charge in [0.05, 0.1) is 6.54 Å². The number of carbonyl (C=O) groups is 1. The van der Waals surface area contributed by atoms with Gasteiger partial charge in [0.1, 0.15) is 17.0 Å². The van der Waals surface area contributed by atoms with Crippen LogP contribution in [0.2, 0.25) is 0 Å². The summed E-state index contributed by atoms with van der Waals surface area (Å²) in [5.74, 6) is 1.96. The number of aromatic amines is 1. The number of rotatable bonds is 4. The molecule has 1 aliphatic heterocycles. The van der Waals surface area contributed by atoms with E-state index >= 15 is 0 Å². The Morgan fingerprint density at radius 1 is 1.42 bits per heavy atom. The molecule has 0 saturated carbocycles.